The molecule has 124 valence electrons. The summed E-state index contributed by atoms with van der Waals surface area (Å²) in [5.41, 5.74) is 2.44. The van der Waals surface area contributed by atoms with E-state index in [0.29, 0.717) is 11.5 Å². The van der Waals surface area contributed by atoms with Gasteiger partial charge in [-0.05, 0) is 23.6 Å². The number of carbonyl (C=O) groups is 1. The van der Waals surface area contributed by atoms with Crippen molar-refractivity contribution in [2.75, 3.05) is 5.32 Å². The first-order valence-corrected chi connectivity index (χ1v) is 7.78. The quantitative estimate of drug-likeness (QED) is 0.625. The summed E-state index contributed by atoms with van der Waals surface area (Å²) in [6.45, 7) is 0. The minimum absolute atomic E-state index is 0.282. The van der Waals surface area contributed by atoms with E-state index in [1.807, 2.05) is 36.0 Å². The number of fused-ring (bicyclic) bond motifs is 1. The number of nitrogens with zero attached hydrogens (tertiary/aromatic N) is 5. The van der Waals surface area contributed by atoms with Crippen LogP contribution in [0, 0.1) is 0 Å². The molecule has 0 fully saturated rings. The molecule has 0 spiro atoms. The van der Waals surface area contributed by atoms with Gasteiger partial charge in [0, 0.05) is 37.4 Å². The lowest BCUT2D eigenvalue weighted by molar-refractivity contribution is 0.102. The molecule has 0 aliphatic heterocycles. The topological polar surface area (TPSA) is 77.6 Å². The summed E-state index contributed by atoms with van der Waals surface area (Å²) in [6, 6.07) is 9.62. The van der Waals surface area contributed by atoms with Gasteiger partial charge in [0.1, 0.15) is 5.82 Å². The highest BCUT2D eigenvalue weighted by molar-refractivity contribution is 6.03. The molecular weight excluding hydrogens is 316 g/mol. The molecule has 7 heteroatoms. The van der Waals surface area contributed by atoms with Gasteiger partial charge in [0.15, 0.2) is 5.69 Å². The standard InChI is InChI=1S/C18H16N6O/c1-23-11-19-10-16(23)12-3-4-13-9-20-17(8-14(13)7-12)21-18(25)15-5-6-24(2)22-15/h3-11H,1-2H3,(H,20,21,25). The second kappa shape index (κ2) is 5.86. The Morgan fingerprint density at radius 3 is 2.68 bits per heavy atom. The molecule has 1 N–H and O–H groups in total. The third kappa shape index (κ3) is 2.87. The Bertz CT molecular complexity index is 1080. The van der Waals surface area contributed by atoms with Crippen LogP contribution in [-0.4, -0.2) is 30.2 Å². The van der Waals surface area contributed by atoms with Crippen LogP contribution in [0.1, 0.15) is 10.5 Å². The van der Waals surface area contributed by atoms with Gasteiger partial charge in [-0.15, -0.1) is 0 Å². The molecule has 0 aliphatic carbocycles. The van der Waals surface area contributed by atoms with E-state index in [9.17, 15) is 4.79 Å². The highest BCUT2D eigenvalue weighted by Crippen LogP contribution is 2.25. The van der Waals surface area contributed by atoms with Crippen LogP contribution in [0.5, 0.6) is 0 Å². The summed E-state index contributed by atoms with van der Waals surface area (Å²) in [5.74, 6) is 0.209. The summed E-state index contributed by atoms with van der Waals surface area (Å²) in [7, 11) is 3.72. The molecule has 7 nitrogen and oxygen atoms in total. The van der Waals surface area contributed by atoms with Gasteiger partial charge in [0.25, 0.3) is 5.91 Å². The van der Waals surface area contributed by atoms with Gasteiger partial charge in [0.05, 0.1) is 18.2 Å². The van der Waals surface area contributed by atoms with E-state index >= 15 is 0 Å². The third-order valence-corrected chi connectivity index (χ3v) is 4.02. The number of hydrogen-bond donors (Lipinski definition) is 1. The maximum absolute atomic E-state index is 12.2. The zero-order valence-corrected chi connectivity index (χ0v) is 13.8. The fraction of sp³-hybridized carbons (Fsp3) is 0.111. The van der Waals surface area contributed by atoms with Crippen LogP contribution in [0.4, 0.5) is 5.82 Å². The maximum Gasteiger partial charge on any atom is 0.277 e. The minimum atomic E-state index is -0.282. The zero-order valence-electron chi connectivity index (χ0n) is 13.8. The van der Waals surface area contributed by atoms with Crippen molar-refractivity contribution in [1.82, 2.24) is 24.3 Å². The van der Waals surface area contributed by atoms with Crippen molar-refractivity contribution in [2.24, 2.45) is 14.1 Å². The highest BCUT2D eigenvalue weighted by Gasteiger charge is 2.10. The average molecular weight is 332 g/mol. The lowest BCUT2D eigenvalue weighted by Gasteiger charge is -2.07. The van der Waals surface area contributed by atoms with Crippen LogP contribution in [0.15, 0.2) is 55.2 Å². The van der Waals surface area contributed by atoms with Gasteiger partial charge in [-0.1, -0.05) is 12.1 Å². The van der Waals surface area contributed by atoms with E-state index in [1.165, 1.54) is 0 Å². The Morgan fingerprint density at radius 2 is 1.96 bits per heavy atom. The van der Waals surface area contributed by atoms with Gasteiger partial charge < -0.3 is 9.88 Å². The Kier molecular flexibility index (Phi) is 3.53. The van der Waals surface area contributed by atoms with E-state index in [4.69, 9.17) is 0 Å². The summed E-state index contributed by atoms with van der Waals surface area (Å²) in [4.78, 5) is 20.7. The molecule has 1 amide bonds. The van der Waals surface area contributed by atoms with Crippen molar-refractivity contribution >= 4 is 22.5 Å². The summed E-state index contributed by atoms with van der Waals surface area (Å²) >= 11 is 0. The molecule has 4 rings (SSSR count). The zero-order chi connectivity index (χ0) is 17.4. The van der Waals surface area contributed by atoms with Crippen molar-refractivity contribution < 1.29 is 4.79 Å². The third-order valence-electron chi connectivity index (χ3n) is 4.02. The van der Waals surface area contributed by atoms with Crippen molar-refractivity contribution in [2.45, 2.75) is 0 Å². The predicted octanol–water partition coefficient (Wildman–Crippen LogP) is 2.62. The molecule has 0 saturated heterocycles. The number of aryl methyl sites for hydroxylation is 2. The predicted molar refractivity (Wildman–Crippen MR) is 95.1 cm³/mol. The van der Waals surface area contributed by atoms with Crippen molar-refractivity contribution in [3.05, 3.63) is 60.9 Å². The Balaban J connectivity index is 1.67. The average Bonchev–Trinajstić information content (AvgIpc) is 3.22. The number of aromatic nitrogens is 5. The van der Waals surface area contributed by atoms with Crippen LogP contribution in [0.3, 0.4) is 0 Å². The Labute approximate surface area is 143 Å². The molecule has 0 saturated carbocycles. The molecule has 25 heavy (non-hydrogen) atoms. The second-order valence-electron chi connectivity index (χ2n) is 5.85. The molecule has 3 aromatic heterocycles. The smallest absolute Gasteiger partial charge is 0.277 e. The van der Waals surface area contributed by atoms with Gasteiger partial charge in [-0.3, -0.25) is 9.48 Å². The van der Waals surface area contributed by atoms with Gasteiger partial charge in [0.2, 0.25) is 0 Å². The first-order chi connectivity index (χ1) is 12.1. The van der Waals surface area contributed by atoms with Crippen LogP contribution >= 0.6 is 0 Å². The molecule has 0 radical (unpaired) electrons. The molecule has 1 aromatic carbocycles. The first kappa shape index (κ1) is 15.1. The number of anilines is 1. The number of imidazole rings is 1. The number of carbonyl (C=O) groups excluding carboxylic acids is 1. The number of amides is 1. The molecular formula is C18H16N6O. The van der Waals surface area contributed by atoms with E-state index in [1.54, 1.807) is 36.5 Å². The normalized spacial score (nSPS) is 11.0. The van der Waals surface area contributed by atoms with E-state index in [2.05, 4.69) is 26.4 Å². The fourth-order valence-electron chi connectivity index (χ4n) is 2.72. The van der Waals surface area contributed by atoms with E-state index < -0.39 is 0 Å². The number of hydrogen-bond acceptors (Lipinski definition) is 4. The molecule has 0 bridgehead atoms. The lowest BCUT2D eigenvalue weighted by atomic mass is 10.1. The molecule has 0 aliphatic rings. The van der Waals surface area contributed by atoms with E-state index in [0.717, 1.165) is 22.0 Å². The molecule has 4 aromatic rings. The number of nitrogens with one attached hydrogen (secondary N) is 1. The van der Waals surface area contributed by atoms with Gasteiger partial charge in [-0.25, -0.2) is 9.97 Å². The van der Waals surface area contributed by atoms with Gasteiger partial charge >= 0.3 is 0 Å². The second-order valence-corrected chi connectivity index (χ2v) is 5.85. The number of pyridine rings is 1. The number of benzene rings is 1. The fourth-order valence-corrected chi connectivity index (χ4v) is 2.72. The maximum atomic E-state index is 12.2. The minimum Gasteiger partial charge on any atom is -0.334 e. The largest absolute Gasteiger partial charge is 0.334 e. The van der Waals surface area contributed by atoms with E-state index in [-0.39, 0.29) is 5.91 Å². The van der Waals surface area contributed by atoms with Crippen LogP contribution in [0.25, 0.3) is 22.0 Å². The van der Waals surface area contributed by atoms with Crippen molar-refractivity contribution in [3.8, 4) is 11.3 Å². The molecule has 0 atom stereocenters. The Morgan fingerprint density at radius 1 is 1.08 bits per heavy atom. The Hall–Kier alpha value is -3.48. The van der Waals surface area contributed by atoms with Gasteiger partial charge in [-0.2, -0.15) is 5.10 Å². The van der Waals surface area contributed by atoms with Crippen molar-refractivity contribution in [3.63, 3.8) is 0 Å². The summed E-state index contributed by atoms with van der Waals surface area (Å²) in [6.07, 6.45) is 7.07. The van der Waals surface area contributed by atoms with Crippen LogP contribution in [-0.2, 0) is 14.1 Å². The molecule has 3 heterocycles. The summed E-state index contributed by atoms with van der Waals surface area (Å²) < 4.78 is 3.55. The van der Waals surface area contributed by atoms with Crippen LogP contribution < -0.4 is 5.32 Å². The monoisotopic (exact) mass is 332 g/mol. The summed E-state index contributed by atoms with van der Waals surface area (Å²) in [5, 5.41) is 8.87. The van der Waals surface area contributed by atoms with Crippen LogP contribution in [0.2, 0.25) is 0 Å². The molecule has 0 unspecified atom stereocenters. The first-order valence-electron chi connectivity index (χ1n) is 7.78. The SMILES string of the molecule is Cn1ccc(C(=O)Nc2cc3cc(-c4cncn4C)ccc3cn2)n1. The van der Waals surface area contributed by atoms with Crippen molar-refractivity contribution in [1.29, 1.82) is 0 Å². The number of rotatable bonds is 3. The lowest BCUT2D eigenvalue weighted by Crippen LogP contribution is -2.13. The highest BCUT2D eigenvalue weighted by atomic mass is 16.2.